The van der Waals surface area contributed by atoms with Gasteiger partial charge in [-0.05, 0) is 42.0 Å². The molecule has 1 heterocycles. The Labute approximate surface area is 160 Å². The van der Waals surface area contributed by atoms with Gasteiger partial charge in [-0.15, -0.1) is 11.8 Å². The van der Waals surface area contributed by atoms with E-state index in [1.807, 2.05) is 23.9 Å². The number of thioether (sulfide) groups is 1. The maximum Gasteiger partial charge on any atom is 0.118 e. The van der Waals surface area contributed by atoms with Crippen molar-refractivity contribution >= 4 is 29.3 Å². The van der Waals surface area contributed by atoms with Crippen molar-refractivity contribution in [3.8, 4) is 5.75 Å². The largest absolute Gasteiger partial charge is 0.497 e. The van der Waals surface area contributed by atoms with Crippen LogP contribution in [0.25, 0.3) is 4.91 Å². The van der Waals surface area contributed by atoms with Crippen LogP contribution in [0.5, 0.6) is 5.75 Å². The molecule has 0 saturated heterocycles. The van der Waals surface area contributed by atoms with Gasteiger partial charge in [0, 0.05) is 10.8 Å². The highest BCUT2D eigenvalue weighted by Gasteiger charge is 2.46. The zero-order valence-electron chi connectivity index (χ0n) is 14.5. The Kier molecular flexibility index (Phi) is 4.88. The van der Waals surface area contributed by atoms with Gasteiger partial charge < -0.3 is 4.74 Å². The summed E-state index contributed by atoms with van der Waals surface area (Å²) >= 11 is 7.20. The van der Waals surface area contributed by atoms with Gasteiger partial charge in [0.1, 0.15) is 5.75 Å². The zero-order chi connectivity index (χ0) is 17.3. The van der Waals surface area contributed by atoms with E-state index >= 15 is 0 Å². The van der Waals surface area contributed by atoms with E-state index in [0.717, 1.165) is 5.75 Å². The third-order valence-corrected chi connectivity index (χ3v) is 7.77. The molecule has 0 radical (unpaired) electrons. The topological polar surface area (TPSA) is 9.23 Å². The number of methoxy groups -OCH3 is 1. The fraction of sp³-hybridized carbons (Fsp3) is 0.364. The zero-order valence-corrected chi connectivity index (χ0v) is 16.2. The molecule has 3 heteroatoms. The molecule has 1 aliphatic carbocycles. The predicted octanol–water partition coefficient (Wildman–Crippen LogP) is 6.38. The lowest BCUT2D eigenvalue weighted by atomic mass is 9.75. The number of allylic oxidation sites excluding steroid dienone is 1. The normalized spacial score (nSPS) is 28.8. The van der Waals surface area contributed by atoms with E-state index < -0.39 is 0 Å². The summed E-state index contributed by atoms with van der Waals surface area (Å²) in [4.78, 5) is 1.35. The summed E-state index contributed by atoms with van der Waals surface area (Å²) in [6.45, 7) is 0. The Bertz CT molecular complexity index is 753. The fourth-order valence-electron chi connectivity index (χ4n) is 4.16. The van der Waals surface area contributed by atoms with E-state index in [0.29, 0.717) is 11.8 Å². The number of fused-ring (bicyclic) bond motifs is 1. The molecule has 1 nitrogen and oxygen atoms in total. The highest BCUT2D eigenvalue weighted by molar-refractivity contribution is 8.18. The maximum absolute atomic E-state index is 5.31. The summed E-state index contributed by atoms with van der Waals surface area (Å²) in [5.41, 5.74) is 2.68. The van der Waals surface area contributed by atoms with Crippen molar-refractivity contribution in [2.24, 2.45) is 5.92 Å². The number of rotatable bonds is 3. The molecule has 4 rings (SSSR count). The van der Waals surface area contributed by atoms with E-state index in [1.165, 1.54) is 41.7 Å². The second kappa shape index (κ2) is 7.13. The minimum Gasteiger partial charge on any atom is -0.497 e. The SMILES string of the molecule is COc1ccc(C2=C[C@H](c3ccccc3)[C@@H]3CCCC[C@]3(S)S2)cc1. The summed E-state index contributed by atoms with van der Waals surface area (Å²) in [6, 6.07) is 19.4. The van der Waals surface area contributed by atoms with Gasteiger partial charge in [0.2, 0.25) is 0 Å². The van der Waals surface area contributed by atoms with E-state index in [-0.39, 0.29) is 4.08 Å². The Morgan fingerprint density at radius 1 is 1.04 bits per heavy atom. The third kappa shape index (κ3) is 3.37. The monoisotopic (exact) mass is 368 g/mol. The molecule has 0 bridgehead atoms. The fourth-order valence-corrected chi connectivity index (χ4v) is 6.41. The average molecular weight is 369 g/mol. The molecule has 0 N–H and O–H groups in total. The molecule has 0 aromatic heterocycles. The first-order valence-electron chi connectivity index (χ1n) is 9.02. The van der Waals surface area contributed by atoms with Crippen LogP contribution in [0.2, 0.25) is 0 Å². The minimum absolute atomic E-state index is 0.0305. The van der Waals surface area contributed by atoms with Crippen molar-refractivity contribution in [3.63, 3.8) is 0 Å². The van der Waals surface area contributed by atoms with Crippen LogP contribution in [-0.4, -0.2) is 11.2 Å². The van der Waals surface area contributed by atoms with Crippen LogP contribution in [0.4, 0.5) is 0 Å². The highest BCUT2D eigenvalue weighted by Crippen LogP contribution is 2.60. The predicted molar refractivity (Wildman–Crippen MR) is 111 cm³/mol. The van der Waals surface area contributed by atoms with Crippen molar-refractivity contribution in [1.29, 1.82) is 0 Å². The van der Waals surface area contributed by atoms with Gasteiger partial charge >= 0.3 is 0 Å². The molecule has 1 saturated carbocycles. The van der Waals surface area contributed by atoms with Gasteiger partial charge in [-0.25, -0.2) is 0 Å². The molecule has 0 unspecified atom stereocenters. The molecular weight excluding hydrogens is 344 g/mol. The molecule has 2 aliphatic rings. The van der Waals surface area contributed by atoms with E-state index in [1.54, 1.807) is 7.11 Å². The van der Waals surface area contributed by atoms with Crippen molar-refractivity contribution in [2.75, 3.05) is 7.11 Å². The summed E-state index contributed by atoms with van der Waals surface area (Å²) in [5, 5.41) is 0. The van der Waals surface area contributed by atoms with Gasteiger partial charge in [0.05, 0.1) is 11.2 Å². The lowest BCUT2D eigenvalue weighted by molar-refractivity contribution is 0.322. The Hall–Kier alpha value is -1.32. The molecule has 2 aromatic rings. The van der Waals surface area contributed by atoms with Crippen molar-refractivity contribution in [3.05, 3.63) is 71.8 Å². The first-order chi connectivity index (χ1) is 12.2. The molecule has 3 atom stereocenters. The van der Waals surface area contributed by atoms with Gasteiger partial charge in [-0.2, -0.15) is 12.6 Å². The van der Waals surface area contributed by atoms with Gasteiger partial charge in [-0.1, -0.05) is 61.4 Å². The second-order valence-electron chi connectivity index (χ2n) is 7.00. The molecule has 130 valence electrons. The third-order valence-electron chi connectivity index (χ3n) is 5.49. The van der Waals surface area contributed by atoms with Crippen LogP contribution in [-0.2, 0) is 0 Å². The van der Waals surface area contributed by atoms with Crippen LogP contribution in [0, 0.1) is 5.92 Å². The van der Waals surface area contributed by atoms with E-state index in [2.05, 4.69) is 48.5 Å². The first-order valence-corrected chi connectivity index (χ1v) is 10.3. The number of benzene rings is 2. The first kappa shape index (κ1) is 17.1. The van der Waals surface area contributed by atoms with Crippen molar-refractivity contribution in [1.82, 2.24) is 0 Å². The number of hydrogen-bond donors (Lipinski definition) is 1. The van der Waals surface area contributed by atoms with Gasteiger partial charge in [0.15, 0.2) is 0 Å². The van der Waals surface area contributed by atoms with E-state index in [9.17, 15) is 0 Å². The van der Waals surface area contributed by atoms with Gasteiger partial charge in [0.25, 0.3) is 0 Å². The number of thiol groups is 1. The lowest BCUT2D eigenvalue weighted by Crippen LogP contribution is -2.38. The second-order valence-corrected chi connectivity index (χ2v) is 9.47. The van der Waals surface area contributed by atoms with Crippen LogP contribution < -0.4 is 4.74 Å². The molecule has 1 aliphatic heterocycles. The van der Waals surface area contributed by atoms with Crippen LogP contribution in [0.15, 0.2) is 60.7 Å². The van der Waals surface area contributed by atoms with Crippen molar-refractivity contribution < 1.29 is 4.74 Å². The lowest BCUT2D eigenvalue weighted by Gasteiger charge is -2.47. The number of ether oxygens (including phenoxy) is 1. The summed E-state index contributed by atoms with van der Waals surface area (Å²) in [7, 11) is 1.71. The number of hydrogen-bond acceptors (Lipinski definition) is 3. The average Bonchev–Trinajstić information content (AvgIpc) is 2.67. The molecule has 25 heavy (non-hydrogen) atoms. The molecule has 0 spiro atoms. The Morgan fingerprint density at radius 3 is 2.52 bits per heavy atom. The smallest absolute Gasteiger partial charge is 0.118 e. The summed E-state index contributed by atoms with van der Waals surface area (Å²) in [6.07, 6.45) is 7.53. The molecule has 2 aromatic carbocycles. The summed E-state index contributed by atoms with van der Waals surface area (Å²) in [5.74, 6) is 1.94. The maximum atomic E-state index is 5.31. The molecular formula is C22H24OS2. The Balaban J connectivity index is 1.76. The minimum atomic E-state index is 0.0305. The van der Waals surface area contributed by atoms with E-state index in [4.69, 9.17) is 17.4 Å². The van der Waals surface area contributed by atoms with Crippen LogP contribution >= 0.6 is 24.4 Å². The standard InChI is InChI=1S/C22H24OS2/c1-23-18-12-10-17(11-13-18)21-15-19(16-7-3-2-4-8-16)20-9-5-6-14-22(20,24)25-21/h2-4,7-8,10-13,15,19-20,24H,5-6,9,14H2,1H3/t19-,20+,22+/m1/s1. The quantitative estimate of drug-likeness (QED) is 0.629. The highest BCUT2D eigenvalue weighted by atomic mass is 32.2. The van der Waals surface area contributed by atoms with Crippen LogP contribution in [0.1, 0.15) is 42.7 Å². The molecule has 0 amide bonds. The Morgan fingerprint density at radius 2 is 1.80 bits per heavy atom. The molecule has 1 fully saturated rings. The van der Waals surface area contributed by atoms with Crippen LogP contribution in [0.3, 0.4) is 0 Å². The van der Waals surface area contributed by atoms with Crippen molar-refractivity contribution in [2.45, 2.75) is 35.7 Å². The summed E-state index contributed by atoms with van der Waals surface area (Å²) < 4.78 is 5.34. The van der Waals surface area contributed by atoms with Gasteiger partial charge in [-0.3, -0.25) is 0 Å².